The Morgan fingerprint density at radius 1 is 1.12 bits per heavy atom. The van der Waals surface area contributed by atoms with Crippen molar-refractivity contribution < 1.29 is 13.2 Å². The molecular weight excluding hydrogens is 348 g/mol. The topological polar surface area (TPSA) is 57.7 Å². The van der Waals surface area contributed by atoms with E-state index in [4.69, 9.17) is 0 Å². The Hall–Kier alpha value is -1.40. The summed E-state index contributed by atoms with van der Waals surface area (Å²) in [5.41, 5.74) is 1.31. The Bertz CT molecular complexity index is 718. The van der Waals surface area contributed by atoms with Crippen molar-refractivity contribution >= 4 is 15.7 Å². The highest BCUT2D eigenvalue weighted by atomic mass is 32.2. The summed E-state index contributed by atoms with van der Waals surface area (Å²) in [6.45, 7) is 6.36. The number of nitrogens with zero attached hydrogens (tertiary/aromatic N) is 2. The molecule has 0 aromatic heterocycles. The summed E-state index contributed by atoms with van der Waals surface area (Å²) in [6.07, 6.45) is 2.50. The van der Waals surface area contributed by atoms with E-state index in [1.165, 1.54) is 5.56 Å². The summed E-state index contributed by atoms with van der Waals surface area (Å²) >= 11 is 0. The van der Waals surface area contributed by atoms with Gasteiger partial charge in [0.05, 0.1) is 17.5 Å². The van der Waals surface area contributed by atoms with E-state index in [0.29, 0.717) is 18.9 Å². The molecule has 2 heterocycles. The third kappa shape index (κ3) is 4.65. The van der Waals surface area contributed by atoms with Crippen molar-refractivity contribution in [2.45, 2.75) is 45.2 Å². The zero-order chi connectivity index (χ0) is 18.7. The lowest BCUT2D eigenvalue weighted by Crippen LogP contribution is -2.60. The number of amides is 1. The third-order valence-electron chi connectivity index (χ3n) is 5.45. The molecule has 1 aromatic carbocycles. The molecule has 1 amide bonds. The average Bonchev–Trinajstić information content (AvgIpc) is 2.90. The van der Waals surface area contributed by atoms with Crippen LogP contribution in [0, 0.1) is 5.92 Å². The molecule has 2 aliphatic rings. The second-order valence-electron chi connectivity index (χ2n) is 8.02. The molecule has 6 heteroatoms. The van der Waals surface area contributed by atoms with Gasteiger partial charge in [0.2, 0.25) is 5.91 Å². The Morgan fingerprint density at radius 2 is 1.81 bits per heavy atom. The summed E-state index contributed by atoms with van der Waals surface area (Å²) in [7, 11) is -3.07. The minimum atomic E-state index is -3.07. The van der Waals surface area contributed by atoms with Crippen molar-refractivity contribution in [1.82, 2.24) is 9.80 Å². The first kappa shape index (κ1) is 19.4. The van der Waals surface area contributed by atoms with Crippen LogP contribution in [-0.2, 0) is 21.1 Å². The molecule has 1 aromatic rings. The van der Waals surface area contributed by atoms with E-state index >= 15 is 0 Å². The number of fused-ring (bicyclic) bond motifs is 1. The number of carbonyl (C=O) groups is 1. The highest BCUT2D eigenvalue weighted by molar-refractivity contribution is 7.91. The lowest BCUT2D eigenvalue weighted by molar-refractivity contribution is -0.137. The summed E-state index contributed by atoms with van der Waals surface area (Å²) in [5, 5.41) is 0. The minimum absolute atomic E-state index is 0.0411. The highest BCUT2D eigenvalue weighted by Gasteiger charge is 2.47. The van der Waals surface area contributed by atoms with Crippen LogP contribution < -0.4 is 0 Å². The molecule has 3 rings (SSSR count). The monoisotopic (exact) mass is 378 g/mol. The molecule has 0 spiro atoms. The van der Waals surface area contributed by atoms with Gasteiger partial charge in [-0.05, 0) is 30.9 Å². The second kappa shape index (κ2) is 8.09. The van der Waals surface area contributed by atoms with Gasteiger partial charge in [0.25, 0.3) is 0 Å². The van der Waals surface area contributed by atoms with Crippen LogP contribution in [0.3, 0.4) is 0 Å². The molecule has 2 aliphatic heterocycles. The third-order valence-corrected chi connectivity index (χ3v) is 7.15. The first-order valence-corrected chi connectivity index (χ1v) is 11.5. The Morgan fingerprint density at radius 3 is 2.50 bits per heavy atom. The first-order valence-electron chi connectivity index (χ1n) is 9.63. The molecule has 0 saturated carbocycles. The van der Waals surface area contributed by atoms with E-state index in [1.807, 2.05) is 36.9 Å². The summed E-state index contributed by atoms with van der Waals surface area (Å²) in [6, 6.07) is 10.2. The van der Waals surface area contributed by atoms with Crippen molar-refractivity contribution in [2.75, 3.05) is 31.1 Å². The van der Waals surface area contributed by atoms with Crippen molar-refractivity contribution in [3.63, 3.8) is 0 Å². The molecule has 0 unspecified atom stereocenters. The van der Waals surface area contributed by atoms with Gasteiger partial charge in [-0.1, -0.05) is 44.2 Å². The largest absolute Gasteiger partial charge is 0.336 e. The van der Waals surface area contributed by atoms with Crippen LogP contribution in [0.4, 0.5) is 0 Å². The fourth-order valence-electron chi connectivity index (χ4n) is 4.21. The van der Waals surface area contributed by atoms with Gasteiger partial charge in [-0.2, -0.15) is 0 Å². The SMILES string of the molecule is CC(C)CC(=O)N1CCN(CCCc2ccccc2)[C@H]2CS(=O)(=O)C[C@H]21. The molecule has 5 nitrogen and oxygen atoms in total. The fraction of sp³-hybridized carbons (Fsp3) is 0.650. The van der Waals surface area contributed by atoms with Gasteiger partial charge < -0.3 is 4.90 Å². The van der Waals surface area contributed by atoms with Gasteiger partial charge in [-0.15, -0.1) is 0 Å². The number of hydrogen-bond donors (Lipinski definition) is 0. The Kier molecular flexibility index (Phi) is 6.03. The van der Waals surface area contributed by atoms with Crippen LogP contribution in [0.2, 0.25) is 0 Å². The van der Waals surface area contributed by atoms with Gasteiger partial charge in [0.15, 0.2) is 9.84 Å². The van der Waals surface area contributed by atoms with Crippen molar-refractivity contribution in [2.24, 2.45) is 5.92 Å². The van der Waals surface area contributed by atoms with Gasteiger partial charge >= 0.3 is 0 Å². The van der Waals surface area contributed by atoms with Crippen molar-refractivity contribution in [3.05, 3.63) is 35.9 Å². The van der Waals surface area contributed by atoms with Crippen LogP contribution in [0.15, 0.2) is 30.3 Å². The number of carbonyl (C=O) groups excluding carboxylic acids is 1. The highest BCUT2D eigenvalue weighted by Crippen LogP contribution is 2.28. The summed E-state index contributed by atoms with van der Waals surface area (Å²) < 4.78 is 24.5. The van der Waals surface area contributed by atoms with Crippen molar-refractivity contribution in [1.29, 1.82) is 0 Å². The summed E-state index contributed by atoms with van der Waals surface area (Å²) in [4.78, 5) is 16.7. The van der Waals surface area contributed by atoms with Crippen LogP contribution in [-0.4, -0.2) is 67.3 Å². The lowest BCUT2D eigenvalue weighted by Gasteiger charge is -2.44. The summed E-state index contributed by atoms with van der Waals surface area (Å²) in [5.74, 6) is 0.712. The molecule has 0 aliphatic carbocycles. The lowest BCUT2D eigenvalue weighted by atomic mass is 10.0. The van der Waals surface area contributed by atoms with E-state index in [-0.39, 0.29) is 29.5 Å². The second-order valence-corrected chi connectivity index (χ2v) is 10.2. The standard InChI is InChI=1S/C20H30N2O3S/c1-16(2)13-20(23)22-12-11-21(18-14-26(24,25)15-19(18)22)10-6-9-17-7-4-3-5-8-17/h3-5,7-8,16,18-19H,6,9-15H2,1-2H3/t18-,19+/m0/s1. The fourth-order valence-corrected chi connectivity index (χ4v) is 6.22. The zero-order valence-electron chi connectivity index (χ0n) is 15.8. The number of benzene rings is 1. The van der Waals surface area contributed by atoms with Gasteiger partial charge in [-0.25, -0.2) is 8.42 Å². The molecule has 2 saturated heterocycles. The van der Waals surface area contributed by atoms with E-state index in [9.17, 15) is 13.2 Å². The Balaban J connectivity index is 1.63. The van der Waals surface area contributed by atoms with Crippen LogP contribution >= 0.6 is 0 Å². The molecule has 144 valence electrons. The maximum Gasteiger partial charge on any atom is 0.223 e. The smallest absolute Gasteiger partial charge is 0.223 e. The van der Waals surface area contributed by atoms with Gasteiger partial charge in [0.1, 0.15) is 0 Å². The number of sulfone groups is 1. The predicted molar refractivity (Wildman–Crippen MR) is 104 cm³/mol. The maximum atomic E-state index is 12.6. The van der Waals surface area contributed by atoms with Crippen LogP contribution in [0.5, 0.6) is 0 Å². The average molecular weight is 379 g/mol. The molecule has 0 bridgehead atoms. The quantitative estimate of drug-likeness (QED) is 0.759. The predicted octanol–water partition coefficient (Wildman–Crippen LogP) is 1.98. The molecule has 0 radical (unpaired) electrons. The molecule has 2 fully saturated rings. The van der Waals surface area contributed by atoms with Crippen LogP contribution in [0.1, 0.15) is 32.3 Å². The number of piperazine rings is 1. The van der Waals surface area contributed by atoms with Crippen LogP contribution in [0.25, 0.3) is 0 Å². The molecular formula is C20H30N2O3S. The molecule has 2 atom stereocenters. The first-order chi connectivity index (χ1) is 12.4. The molecule has 0 N–H and O–H groups in total. The number of hydrogen-bond acceptors (Lipinski definition) is 4. The maximum absolute atomic E-state index is 12.6. The van der Waals surface area contributed by atoms with Crippen molar-refractivity contribution in [3.8, 4) is 0 Å². The molecule has 26 heavy (non-hydrogen) atoms. The van der Waals surface area contributed by atoms with E-state index in [0.717, 1.165) is 25.9 Å². The van der Waals surface area contributed by atoms with E-state index < -0.39 is 9.84 Å². The number of rotatable bonds is 6. The zero-order valence-corrected chi connectivity index (χ0v) is 16.6. The Labute approximate surface area is 157 Å². The van der Waals surface area contributed by atoms with Gasteiger partial charge in [-0.3, -0.25) is 9.69 Å². The van der Waals surface area contributed by atoms with Gasteiger partial charge in [0, 0.05) is 25.6 Å². The number of aryl methyl sites for hydroxylation is 1. The van der Waals surface area contributed by atoms with E-state index in [1.54, 1.807) is 0 Å². The van der Waals surface area contributed by atoms with E-state index in [2.05, 4.69) is 17.0 Å². The normalized spacial score (nSPS) is 25.4. The minimum Gasteiger partial charge on any atom is -0.336 e.